The van der Waals surface area contributed by atoms with Crippen LogP contribution in [0.25, 0.3) is 0 Å². The molecule has 0 aliphatic carbocycles. The highest BCUT2D eigenvalue weighted by Gasteiger charge is 2.28. The molecule has 2 fully saturated rings. The van der Waals surface area contributed by atoms with Gasteiger partial charge < -0.3 is 19.1 Å². The lowest BCUT2D eigenvalue weighted by Crippen LogP contribution is -2.41. The first-order valence-electron chi connectivity index (χ1n) is 10.3. The Balaban J connectivity index is 1.38. The maximum Gasteiger partial charge on any atom is 0.259 e. The summed E-state index contributed by atoms with van der Waals surface area (Å²) in [6.45, 7) is 5.24. The van der Waals surface area contributed by atoms with Crippen LogP contribution in [0.2, 0.25) is 0 Å². The second kappa shape index (κ2) is 8.68. The third-order valence-corrected chi connectivity index (χ3v) is 5.77. The number of likely N-dealkylation sites (tertiary alicyclic amines) is 2. The van der Waals surface area contributed by atoms with Gasteiger partial charge in [-0.1, -0.05) is 17.3 Å². The zero-order valence-electron chi connectivity index (χ0n) is 16.8. The minimum absolute atomic E-state index is 0.0430. The van der Waals surface area contributed by atoms with Crippen LogP contribution in [0.4, 0.5) is 0 Å². The molecule has 2 saturated heterocycles. The molecule has 1 atom stereocenters. The number of hydrogen-bond acceptors (Lipinski definition) is 5. The summed E-state index contributed by atoms with van der Waals surface area (Å²) in [6.07, 6.45) is 5.46. The SMILES string of the molecule is Cc1nocc1C(=O)N1CCCC(COc2ccccc2C(=O)N2CCCC2)C1. The van der Waals surface area contributed by atoms with Gasteiger partial charge in [0.05, 0.1) is 17.9 Å². The van der Waals surface area contributed by atoms with Gasteiger partial charge in [0.2, 0.25) is 0 Å². The highest BCUT2D eigenvalue weighted by atomic mass is 16.5. The van der Waals surface area contributed by atoms with E-state index in [0.717, 1.165) is 45.3 Å². The Hall–Kier alpha value is -2.83. The molecule has 2 aliphatic heterocycles. The Kier molecular flexibility index (Phi) is 5.83. The average Bonchev–Trinajstić information content (AvgIpc) is 3.43. The number of piperidine rings is 1. The highest BCUT2D eigenvalue weighted by molar-refractivity contribution is 5.97. The predicted molar refractivity (Wildman–Crippen MR) is 107 cm³/mol. The van der Waals surface area contributed by atoms with Crippen LogP contribution in [-0.4, -0.2) is 59.6 Å². The number of ether oxygens (including phenoxy) is 1. The van der Waals surface area contributed by atoms with Crippen LogP contribution in [-0.2, 0) is 0 Å². The van der Waals surface area contributed by atoms with Crippen molar-refractivity contribution in [2.45, 2.75) is 32.6 Å². The van der Waals surface area contributed by atoms with Crippen molar-refractivity contribution in [3.63, 3.8) is 0 Å². The second-order valence-corrected chi connectivity index (χ2v) is 7.88. The predicted octanol–water partition coefficient (Wildman–Crippen LogP) is 3.15. The van der Waals surface area contributed by atoms with Crippen LogP contribution < -0.4 is 4.74 Å². The van der Waals surface area contributed by atoms with Gasteiger partial charge in [0.15, 0.2) is 0 Å². The normalized spacial score (nSPS) is 19.4. The number of carbonyl (C=O) groups is 2. The third-order valence-electron chi connectivity index (χ3n) is 5.77. The van der Waals surface area contributed by atoms with Gasteiger partial charge in [-0.3, -0.25) is 9.59 Å². The summed E-state index contributed by atoms with van der Waals surface area (Å²) in [5.41, 5.74) is 1.76. The van der Waals surface area contributed by atoms with Gasteiger partial charge in [-0.2, -0.15) is 0 Å². The van der Waals surface area contributed by atoms with E-state index in [4.69, 9.17) is 9.26 Å². The van der Waals surface area contributed by atoms with Gasteiger partial charge in [0.25, 0.3) is 11.8 Å². The van der Waals surface area contributed by atoms with Crippen molar-refractivity contribution in [3.8, 4) is 5.75 Å². The number of rotatable bonds is 5. The van der Waals surface area contributed by atoms with Crippen molar-refractivity contribution in [2.24, 2.45) is 5.92 Å². The summed E-state index contributed by atoms with van der Waals surface area (Å²) < 4.78 is 11.0. The van der Waals surface area contributed by atoms with Crippen LogP contribution in [0, 0.1) is 12.8 Å². The molecule has 154 valence electrons. The summed E-state index contributed by atoms with van der Waals surface area (Å²) in [5.74, 6) is 0.852. The van der Waals surface area contributed by atoms with Crippen LogP contribution in [0.5, 0.6) is 5.75 Å². The molecule has 0 saturated carbocycles. The topological polar surface area (TPSA) is 75.9 Å². The van der Waals surface area contributed by atoms with E-state index < -0.39 is 0 Å². The molecule has 2 aliphatic rings. The fraction of sp³-hybridized carbons (Fsp3) is 0.500. The zero-order chi connectivity index (χ0) is 20.2. The lowest BCUT2D eigenvalue weighted by molar-refractivity contribution is 0.0631. The Morgan fingerprint density at radius 2 is 1.79 bits per heavy atom. The summed E-state index contributed by atoms with van der Waals surface area (Å²) in [4.78, 5) is 29.3. The number of hydrogen-bond donors (Lipinski definition) is 0. The van der Waals surface area contributed by atoms with Crippen molar-refractivity contribution in [1.82, 2.24) is 15.0 Å². The van der Waals surface area contributed by atoms with Crippen molar-refractivity contribution in [3.05, 3.63) is 47.3 Å². The molecular weight excluding hydrogens is 370 g/mol. The van der Waals surface area contributed by atoms with E-state index in [1.54, 1.807) is 6.92 Å². The molecule has 4 rings (SSSR count). The summed E-state index contributed by atoms with van der Waals surface area (Å²) >= 11 is 0. The van der Waals surface area contributed by atoms with E-state index >= 15 is 0 Å². The van der Waals surface area contributed by atoms with Crippen molar-refractivity contribution < 1.29 is 18.8 Å². The van der Waals surface area contributed by atoms with E-state index in [1.165, 1.54) is 6.26 Å². The lowest BCUT2D eigenvalue weighted by Gasteiger charge is -2.32. The lowest BCUT2D eigenvalue weighted by atomic mass is 9.98. The number of benzene rings is 1. The minimum Gasteiger partial charge on any atom is -0.492 e. The van der Waals surface area contributed by atoms with E-state index in [-0.39, 0.29) is 17.7 Å². The standard InChI is InChI=1S/C22H27N3O4/c1-16-19(15-29-23-16)22(27)25-12-6-7-17(13-25)14-28-20-9-3-2-8-18(20)21(26)24-10-4-5-11-24/h2-3,8-9,15,17H,4-7,10-14H2,1H3. The molecule has 3 heterocycles. The Labute approximate surface area is 170 Å². The Morgan fingerprint density at radius 3 is 2.55 bits per heavy atom. The molecule has 0 spiro atoms. The molecule has 1 aromatic carbocycles. The van der Waals surface area contributed by atoms with Crippen LogP contribution in [0.3, 0.4) is 0 Å². The molecular formula is C22H27N3O4. The molecule has 29 heavy (non-hydrogen) atoms. The van der Waals surface area contributed by atoms with Gasteiger partial charge >= 0.3 is 0 Å². The van der Waals surface area contributed by atoms with Crippen LogP contribution in [0.1, 0.15) is 52.1 Å². The van der Waals surface area contributed by atoms with Crippen molar-refractivity contribution in [2.75, 3.05) is 32.8 Å². The first-order chi connectivity index (χ1) is 14.1. The quantitative estimate of drug-likeness (QED) is 0.775. The van der Waals surface area contributed by atoms with Gasteiger partial charge in [0.1, 0.15) is 17.6 Å². The molecule has 2 aromatic rings. The molecule has 0 N–H and O–H groups in total. The smallest absolute Gasteiger partial charge is 0.259 e. The summed E-state index contributed by atoms with van der Waals surface area (Å²) in [5, 5.41) is 3.80. The molecule has 0 bridgehead atoms. The number of nitrogens with zero attached hydrogens (tertiary/aromatic N) is 3. The van der Waals surface area contributed by atoms with E-state index in [1.807, 2.05) is 34.1 Å². The zero-order valence-corrected chi connectivity index (χ0v) is 16.8. The number of para-hydroxylation sites is 1. The second-order valence-electron chi connectivity index (χ2n) is 7.88. The van der Waals surface area contributed by atoms with Gasteiger partial charge in [-0.05, 0) is 44.7 Å². The largest absolute Gasteiger partial charge is 0.492 e. The summed E-state index contributed by atoms with van der Waals surface area (Å²) in [6, 6.07) is 7.46. The van der Waals surface area contributed by atoms with E-state index in [2.05, 4.69) is 5.16 Å². The molecule has 1 aromatic heterocycles. The first-order valence-corrected chi connectivity index (χ1v) is 10.3. The maximum absolute atomic E-state index is 12.8. The van der Waals surface area contributed by atoms with Crippen LogP contribution in [0.15, 0.2) is 35.1 Å². The number of amides is 2. The maximum atomic E-state index is 12.8. The molecule has 7 heteroatoms. The van der Waals surface area contributed by atoms with Crippen LogP contribution >= 0.6 is 0 Å². The van der Waals surface area contributed by atoms with Crippen molar-refractivity contribution in [1.29, 1.82) is 0 Å². The molecule has 7 nitrogen and oxygen atoms in total. The van der Waals surface area contributed by atoms with Gasteiger partial charge in [-0.25, -0.2) is 0 Å². The average molecular weight is 397 g/mol. The minimum atomic E-state index is -0.0435. The van der Waals surface area contributed by atoms with E-state index in [0.29, 0.717) is 35.7 Å². The Bertz CT molecular complexity index is 872. The monoisotopic (exact) mass is 397 g/mol. The molecule has 2 amide bonds. The fourth-order valence-electron chi connectivity index (χ4n) is 4.12. The number of aryl methyl sites for hydroxylation is 1. The van der Waals surface area contributed by atoms with Gasteiger partial charge in [-0.15, -0.1) is 0 Å². The van der Waals surface area contributed by atoms with Crippen molar-refractivity contribution >= 4 is 11.8 Å². The Morgan fingerprint density at radius 1 is 1.07 bits per heavy atom. The molecule has 0 radical (unpaired) electrons. The number of carbonyl (C=O) groups excluding carboxylic acids is 2. The van der Waals surface area contributed by atoms with E-state index in [9.17, 15) is 9.59 Å². The first kappa shape index (κ1) is 19.5. The molecule has 1 unspecified atom stereocenters. The highest BCUT2D eigenvalue weighted by Crippen LogP contribution is 2.25. The third kappa shape index (κ3) is 4.28. The number of aromatic nitrogens is 1. The fourth-order valence-corrected chi connectivity index (χ4v) is 4.12. The summed E-state index contributed by atoms with van der Waals surface area (Å²) in [7, 11) is 0. The van der Waals surface area contributed by atoms with Gasteiger partial charge in [0, 0.05) is 32.1 Å².